The van der Waals surface area contributed by atoms with Crippen LogP contribution in [0, 0.1) is 0 Å². The minimum absolute atomic E-state index is 0.248. The van der Waals surface area contributed by atoms with Gasteiger partial charge in [-0.3, -0.25) is 0 Å². The van der Waals surface area contributed by atoms with Gasteiger partial charge >= 0.3 is 0 Å². The van der Waals surface area contributed by atoms with Crippen molar-refractivity contribution >= 4 is 34.8 Å². The third kappa shape index (κ3) is 5.54. The first-order valence-corrected chi connectivity index (χ1v) is 11.3. The molecule has 3 aromatic carbocycles. The fourth-order valence-electron chi connectivity index (χ4n) is 3.32. The van der Waals surface area contributed by atoms with Gasteiger partial charge in [0.25, 0.3) is 0 Å². The summed E-state index contributed by atoms with van der Waals surface area (Å²) in [6.45, 7) is 4.20. The SMILES string of the molecule is CCOc1cc(CNCc2ccc3c(c2)OCO3)cc(Cl)c1OCc1ccc(Cl)cc1Cl. The zero-order valence-electron chi connectivity index (χ0n) is 17.4. The number of nitrogens with one attached hydrogen (secondary N) is 1. The average Bonchev–Trinajstić information content (AvgIpc) is 3.22. The number of rotatable bonds is 9. The van der Waals surface area contributed by atoms with E-state index in [9.17, 15) is 0 Å². The molecule has 5 nitrogen and oxygen atoms in total. The van der Waals surface area contributed by atoms with E-state index >= 15 is 0 Å². The average molecular weight is 495 g/mol. The van der Waals surface area contributed by atoms with E-state index in [4.69, 9.17) is 53.8 Å². The number of fused-ring (bicyclic) bond motifs is 1. The Balaban J connectivity index is 1.42. The summed E-state index contributed by atoms with van der Waals surface area (Å²) in [5.74, 6) is 2.62. The maximum absolute atomic E-state index is 6.54. The van der Waals surface area contributed by atoms with Gasteiger partial charge < -0.3 is 24.3 Å². The van der Waals surface area contributed by atoms with Gasteiger partial charge in [0, 0.05) is 28.7 Å². The van der Waals surface area contributed by atoms with Crippen molar-refractivity contribution in [2.24, 2.45) is 0 Å². The fourth-order valence-corrected chi connectivity index (χ4v) is 4.07. The standard InChI is InChI=1S/C24H22Cl3NO4/c1-2-29-23-9-16(12-28-11-15-3-6-21-22(8-15)32-14-31-21)7-20(27)24(23)30-13-17-4-5-18(25)10-19(17)26/h3-10,28H,2,11-14H2,1H3. The fraction of sp³-hybridized carbons (Fsp3) is 0.250. The Morgan fingerprint density at radius 2 is 1.66 bits per heavy atom. The lowest BCUT2D eigenvalue weighted by Crippen LogP contribution is -2.13. The maximum atomic E-state index is 6.54. The summed E-state index contributed by atoms with van der Waals surface area (Å²) in [4.78, 5) is 0. The Bertz CT molecular complexity index is 1110. The number of hydrogen-bond acceptors (Lipinski definition) is 5. The molecule has 0 aromatic heterocycles. The summed E-state index contributed by atoms with van der Waals surface area (Å²) in [7, 11) is 0. The zero-order chi connectivity index (χ0) is 22.5. The molecule has 0 fully saturated rings. The highest BCUT2D eigenvalue weighted by atomic mass is 35.5. The van der Waals surface area contributed by atoms with Crippen LogP contribution in [0.3, 0.4) is 0 Å². The highest BCUT2D eigenvalue weighted by molar-refractivity contribution is 6.35. The molecule has 0 radical (unpaired) electrons. The summed E-state index contributed by atoms with van der Waals surface area (Å²) in [5.41, 5.74) is 2.89. The monoisotopic (exact) mass is 493 g/mol. The Morgan fingerprint density at radius 1 is 0.844 bits per heavy atom. The Kier molecular flexibility index (Phi) is 7.53. The summed E-state index contributed by atoms with van der Waals surface area (Å²) in [6, 6.07) is 15.0. The molecule has 0 aliphatic carbocycles. The van der Waals surface area contributed by atoms with Gasteiger partial charge in [0.1, 0.15) is 6.61 Å². The molecule has 1 N–H and O–H groups in total. The second kappa shape index (κ2) is 10.5. The predicted molar refractivity (Wildman–Crippen MR) is 127 cm³/mol. The van der Waals surface area contributed by atoms with Crippen LogP contribution in [0.2, 0.25) is 15.1 Å². The molecule has 3 aromatic rings. The van der Waals surface area contributed by atoms with Crippen molar-refractivity contribution in [2.45, 2.75) is 26.6 Å². The molecule has 1 heterocycles. The van der Waals surface area contributed by atoms with E-state index in [1.54, 1.807) is 12.1 Å². The summed E-state index contributed by atoms with van der Waals surface area (Å²) in [6.07, 6.45) is 0. The molecule has 1 aliphatic heterocycles. The van der Waals surface area contributed by atoms with Crippen molar-refractivity contribution < 1.29 is 18.9 Å². The van der Waals surface area contributed by atoms with Crippen LogP contribution in [0.15, 0.2) is 48.5 Å². The van der Waals surface area contributed by atoms with E-state index in [0.717, 1.165) is 28.2 Å². The van der Waals surface area contributed by atoms with E-state index in [0.29, 0.717) is 46.3 Å². The molecule has 0 amide bonds. The zero-order valence-corrected chi connectivity index (χ0v) is 19.7. The molecule has 8 heteroatoms. The van der Waals surface area contributed by atoms with Crippen molar-refractivity contribution in [1.82, 2.24) is 5.32 Å². The first-order chi connectivity index (χ1) is 15.5. The van der Waals surface area contributed by atoms with Gasteiger partial charge in [-0.1, -0.05) is 46.9 Å². The third-order valence-electron chi connectivity index (χ3n) is 4.85. The first kappa shape index (κ1) is 22.9. The number of halogens is 3. The molecule has 0 saturated carbocycles. The minimum atomic E-state index is 0.248. The Hall–Kier alpha value is -2.31. The van der Waals surface area contributed by atoms with Crippen molar-refractivity contribution in [1.29, 1.82) is 0 Å². The Labute approximate surface area is 202 Å². The molecular formula is C24H22Cl3NO4. The second-order valence-electron chi connectivity index (χ2n) is 7.15. The highest BCUT2D eigenvalue weighted by Gasteiger charge is 2.15. The van der Waals surface area contributed by atoms with Gasteiger partial charge in [-0.2, -0.15) is 0 Å². The summed E-state index contributed by atoms with van der Waals surface area (Å²) < 4.78 is 22.5. The van der Waals surface area contributed by atoms with E-state index in [-0.39, 0.29) is 13.4 Å². The molecule has 0 saturated heterocycles. The highest BCUT2D eigenvalue weighted by Crippen LogP contribution is 2.38. The van der Waals surface area contributed by atoms with Crippen LogP contribution in [0.5, 0.6) is 23.0 Å². The lowest BCUT2D eigenvalue weighted by Gasteiger charge is -2.16. The number of hydrogen-bond donors (Lipinski definition) is 1. The normalized spacial score (nSPS) is 12.1. The summed E-state index contributed by atoms with van der Waals surface area (Å²) in [5, 5.41) is 5.00. The van der Waals surface area contributed by atoms with Crippen molar-refractivity contribution in [3.8, 4) is 23.0 Å². The second-order valence-corrected chi connectivity index (χ2v) is 8.40. The Morgan fingerprint density at radius 3 is 2.47 bits per heavy atom. The molecule has 32 heavy (non-hydrogen) atoms. The van der Waals surface area contributed by atoms with E-state index < -0.39 is 0 Å². The number of benzene rings is 3. The molecule has 4 rings (SSSR count). The lowest BCUT2D eigenvalue weighted by atomic mass is 10.1. The van der Waals surface area contributed by atoms with Crippen LogP contribution < -0.4 is 24.3 Å². The smallest absolute Gasteiger partial charge is 0.231 e. The van der Waals surface area contributed by atoms with Gasteiger partial charge in [-0.05, 0) is 54.4 Å². The van der Waals surface area contributed by atoms with Crippen LogP contribution in [-0.4, -0.2) is 13.4 Å². The predicted octanol–water partition coefficient (Wildman–Crippen LogP) is 6.64. The molecule has 1 aliphatic rings. The molecule has 0 unspecified atom stereocenters. The van der Waals surface area contributed by atoms with Crippen LogP contribution in [-0.2, 0) is 19.7 Å². The largest absolute Gasteiger partial charge is 0.490 e. The molecule has 168 valence electrons. The van der Waals surface area contributed by atoms with Crippen LogP contribution in [0.1, 0.15) is 23.6 Å². The van der Waals surface area contributed by atoms with Crippen LogP contribution in [0.25, 0.3) is 0 Å². The molecular weight excluding hydrogens is 473 g/mol. The van der Waals surface area contributed by atoms with Gasteiger partial charge in [0.05, 0.1) is 11.6 Å². The molecule has 0 spiro atoms. The van der Waals surface area contributed by atoms with Crippen LogP contribution >= 0.6 is 34.8 Å². The van der Waals surface area contributed by atoms with Crippen LogP contribution in [0.4, 0.5) is 0 Å². The van der Waals surface area contributed by atoms with Gasteiger partial charge in [-0.25, -0.2) is 0 Å². The van der Waals surface area contributed by atoms with E-state index in [1.165, 1.54) is 0 Å². The molecule has 0 atom stereocenters. The van der Waals surface area contributed by atoms with Crippen molar-refractivity contribution in [3.05, 3.63) is 80.3 Å². The number of ether oxygens (including phenoxy) is 4. The van der Waals surface area contributed by atoms with E-state index in [1.807, 2.05) is 43.3 Å². The van der Waals surface area contributed by atoms with Gasteiger partial charge in [0.15, 0.2) is 23.0 Å². The van der Waals surface area contributed by atoms with Crippen molar-refractivity contribution in [2.75, 3.05) is 13.4 Å². The minimum Gasteiger partial charge on any atom is -0.490 e. The quantitative estimate of drug-likeness (QED) is 0.361. The lowest BCUT2D eigenvalue weighted by molar-refractivity contribution is 0.174. The van der Waals surface area contributed by atoms with E-state index in [2.05, 4.69) is 5.32 Å². The third-order valence-corrected chi connectivity index (χ3v) is 5.72. The van der Waals surface area contributed by atoms with Gasteiger partial charge in [0.2, 0.25) is 6.79 Å². The first-order valence-electron chi connectivity index (χ1n) is 10.1. The van der Waals surface area contributed by atoms with Gasteiger partial charge in [-0.15, -0.1) is 0 Å². The summed E-state index contributed by atoms with van der Waals surface area (Å²) >= 11 is 18.8. The van der Waals surface area contributed by atoms with Crippen molar-refractivity contribution in [3.63, 3.8) is 0 Å². The maximum Gasteiger partial charge on any atom is 0.231 e. The topological polar surface area (TPSA) is 49.0 Å². The molecule has 0 bridgehead atoms.